The molecule has 2 aromatic rings. The number of hydrogen-bond donors (Lipinski definition) is 0. The summed E-state index contributed by atoms with van der Waals surface area (Å²) in [4.78, 5) is 12.8. The minimum Gasteiger partial charge on any atom is -0.496 e. The highest BCUT2D eigenvalue weighted by molar-refractivity contribution is 9.10. The van der Waals surface area contributed by atoms with Crippen molar-refractivity contribution in [3.63, 3.8) is 0 Å². The molecule has 21 heavy (non-hydrogen) atoms. The van der Waals surface area contributed by atoms with Crippen LogP contribution in [-0.4, -0.2) is 19.5 Å². The van der Waals surface area contributed by atoms with Gasteiger partial charge in [0.15, 0.2) is 0 Å². The fourth-order valence-corrected chi connectivity index (χ4v) is 3.10. The van der Waals surface area contributed by atoms with Gasteiger partial charge in [-0.3, -0.25) is 4.79 Å². The maximum absolute atomic E-state index is 12.8. The summed E-state index contributed by atoms with van der Waals surface area (Å²) in [6.07, 6.45) is 0.812. The van der Waals surface area contributed by atoms with Crippen LogP contribution in [0.2, 0.25) is 5.02 Å². The molecule has 0 saturated carbocycles. The Kier molecular flexibility index (Phi) is 3.91. The van der Waals surface area contributed by atoms with Crippen molar-refractivity contribution in [1.29, 1.82) is 0 Å². The highest BCUT2D eigenvalue weighted by atomic mass is 79.9. The Hall–Kier alpha value is -1.52. The normalized spacial score (nSPS) is 12.7. The minimum absolute atomic E-state index is 0.136. The van der Waals surface area contributed by atoms with Crippen molar-refractivity contribution in [1.82, 2.24) is 0 Å². The minimum atomic E-state index is -0.136. The van der Waals surface area contributed by atoms with Crippen LogP contribution in [-0.2, 0) is 6.42 Å². The van der Waals surface area contributed by atoms with E-state index in [4.69, 9.17) is 21.1 Å². The van der Waals surface area contributed by atoms with Crippen molar-refractivity contribution >= 4 is 33.3 Å². The number of methoxy groups -OCH3 is 1. The Balaban J connectivity index is 2.12. The molecule has 0 fully saturated rings. The maximum Gasteiger partial charge on any atom is 0.200 e. The molecular weight excluding hydrogens is 356 g/mol. The van der Waals surface area contributed by atoms with Crippen LogP contribution in [0.25, 0.3) is 0 Å². The maximum atomic E-state index is 12.8. The zero-order chi connectivity index (χ0) is 15.0. The monoisotopic (exact) mass is 366 g/mol. The Morgan fingerprint density at radius 3 is 2.86 bits per heavy atom. The first kappa shape index (κ1) is 14.4. The number of carbonyl (C=O) groups is 1. The summed E-state index contributed by atoms with van der Waals surface area (Å²) in [5.74, 6) is 0.988. The van der Waals surface area contributed by atoms with Crippen molar-refractivity contribution in [2.75, 3.05) is 13.7 Å². The topological polar surface area (TPSA) is 35.5 Å². The molecule has 0 bridgehead atoms. The van der Waals surface area contributed by atoms with Crippen LogP contribution in [0.3, 0.4) is 0 Å². The molecule has 2 aromatic carbocycles. The first-order valence-electron chi connectivity index (χ1n) is 6.43. The second kappa shape index (κ2) is 5.70. The van der Waals surface area contributed by atoms with Crippen LogP contribution in [0.1, 0.15) is 21.5 Å². The van der Waals surface area contributed by atoms with Crippen LogP contribution in [0.4, 0.5) is 0 Å². The van der Waals surface area contributed by atoms with Gasteiger partial charge in [-0.05, 0) is 35.9 Å². The molecule has 0 amide bonds. The molecule has 5 heteroatoms. The molecule has 1 aliphatic heterocycles. The molecule has 0 N–H and O–H groups in total. The fourth-order valence-electron chi connectivity index (χ4n) is 2.44. The highest BCUT2D eigenvalue weighted by Gasteiger charge is 2.24. The molecule has 0 aromatic heterocycles. The Morgan fingerprint density at radius 1 is 1.29 bits per heavy atom. The molecule has 0 saturated heterocycles. The summed E-state index contributed by atoms with van der Waals surface area (Å²) in [6, 6.07) is 8.74. The Bertz CT molecular complexity index is 728. The SMILES string of the molecule is COc1cc(Cl)ccc1C(=O)c1cc(Br)cc2c1OCC2. The third-order valence-corrected chi connectivity index (χ3v) is 4.09. The zero-order valence-electron chi connectivity index (χ0n) is 11.3. The standard InChI is InChI=1S/C16H12BrClO3/c1-20-14-8-11(18)2-3-12(14)15(19)13-7-10(17)6-9-4-5-21-16(9)13/h2-3,6-8H,4-5H2,1H3. The van der Waals surface area contributed by atoms with Crippen molar-refractivity contribution in [2.45, 2.75) is 6.42 Å². The lowest BCUT2D eigenvalue weighted by molar-refractivity contribution is 0.103. The van der Waals surface area contributed by atoms with Gasteiger partial charge in [0.05, 0.1) is 24.8 Å². The first-order chi connectivity index (χ1) is 10.1. The van der Waals surface area contributed by atoms with Gasteiger partial charge in [-0.25, -0.2) is 0 Å². The molecular formula is C16H12BrClO3. The van der Waals surface area contributed by atoms with Crippen molar-refractivity contribution in [2.24, 2.45) is 0 Å². The molecule has 1 heterocycles. The predicted molar refractivity (Wildman–Crippen MR) is 84.8 cm³/mol. The third-order valence-electron chi connectivity index (χ3n) is 3.40. The molecule has 0 spiro atoms. The smallest absolute Gasteiger partial charge is 0.200 e. The quantitative estimate of drug-likeness (QED) is 0.760. The van der Waals surface area contributed by atoms with E-state index in [0.717, 1.165) is 16.5 Å². The van der Waals surface area contributed by atoms with E-state index in [9.17, 15) is 4.79 Å². The van der Waals surface area contributed by atoms with Gasteiger partial charge < -0.3 is 9.47 Å². The number of carbonyl (C=O) groups excluding carboxylic acids is 1. The third kappa shape index (κ3) is 2.65. The summed E-state index contributed by atoms with van der Waals surface area (Å²) in [5.41, 5.74) is 2.05. The number of hydrogen-bond acceptors (Lipinski definition) is 3. The number of ether oxygens (including phenoxy) is 2. The number of rotatable bonds is 3. The van der Waals surface area contributed by atoms with Crippen LogP contribution in [0.15, 0.2) is 34.8 Å². The van der Waals surface area contributed by atoms with Crippen LogP contribution in [0, 0.1) is 0 Å². The largest absolute Gasteiger partial charge is 0.496 e. The van der Waals surface area contributed by atoms with Gasteiger partial charge in [-0.15, -0.1) is 0 Å². The summed E-state index contributed by atoms with van der Waals surface area (Å²) < 4.78 is 11.7. The van der Waals surface area contributed by atoms with E-state index in [1.165, 1.54) is 7.11 Å². The molecule has 0 atom stereocenters. The second-order valence-electron chi connectivity index (χ2n) is 4.71. The van der Waals surface area contributed by atoms with Crippen LogP contribution in [0.5, 0.6) is 11.5 Å². The van der Waals surface area contributed by atoms with Gasteiger partial charge in [-0.1, -0.05) is 27.5 Å². The van der Waals surface area contributed by atoms with E-state index in [1.807, 2.05) is 6.07 Å². The van der Waals surface area contributed by atoms with E-state index >= 15 is 0 Å². The van der Waals surface area contributed by atoms with E-state index in [1.54, 1.807) is 24.3 Å². The molecule has 0 unspecified atom stereocenters. The lowest BCUT2D eigenvalue weighted by atomic mass is 9.99. The number of ketones is 1. The van der Waals surface area contributed by atoms with Gasteiger partial charge in [0.25, 0.3) is 0 Å². The van der Waals surface area contributed by atoms with Crippen molar-refractivity contribution < 1.29 is 14.3 Å². The summed E-state index contributed by atoms with van der Waals surface area (Å²) in [6.45, 7) is 0.601. The van der Waals surface area contributed by atoms with Crippen LogP contribution >= 0.6 is 27.5 Å². The predicted octanol–water partition coefficient (Wildman–Crippen LogP) is 4.28. The molecule has 1 aliphatic rings. The average Bonchev–Trinajstić information content (AvgIpc) is 2.93. The lowest BCUT2D eigenvalue weighted by Crippen LogP contribution is -2.06. The molecule has 3 rings (SSSR count). The summed E-state index contributed by atoms with van der Waals surface area (Å²) >= 11 is 9.39. The fraction of sp³-hybridized carbons (Fsp3) is 0.188. The molecule has 108 valence electrons. The van der Waals surface area contributed by atoms with Gasteiger partial charge in [0.2, 0.25) is 5.78 Å². The number of benzene rings is 2. The summed E-state index contributed by atoms with van der Waals surface area (Å²) in [5, 5.41) is 0.527. The molecule has 0 aliphatic carbocycles. The van der Waals surface area contributed by atoms with E-state index < -0.39 is 0 Å². The van der Waals surface area contributed by atoms with E-state index in [0.29, 0.717) is 34.3 Å². The Labute approximate surface area is 136 Å². The zero-order valence-corrected chi connectivity index (χ0v) is 13.6. The van der Waals surface area contributed by atoms with E-state index in [-0.39, 0.29) is 5.78 Å². The average molecular weight is 368 g/mol. The highest BCUT2D eigenvalue weighted by Crippen LogP contribution is 2.36. The number of fused-ring (bicyclic) bond motifs is 1. The van der Waals surface area contributed by atoms with Crippen molar-refractivity contribution in [3.8, 4) is 11.5 Å². The molecule has 0 radical (unpaired) electrons. The van der Waals surface area contributed by atoms with Crippen molar-refractivity contribution in [3.05, 3.63) is 56.5 Å². The van der Waals surface area contributed by atoms with E-state index in [2.05, 4.69) is 15.9 Å². The van der Waals surface area contributed by atoms with Gasteiger partial charge in [0, 0.05) is 15.9 Å². The lowest BCUT2D eigenvalue weighted by Gasteiger charge is -2.11. The first-order valence-corrected chi connectivity index (χ1v) is 7.60. The van der Waals surface area contributed by atoms with Gasteiger partial charge in [0.1, 0.15) is 11.5 Å². The number of halogens is 2. The van der Waals surface area contributed by atoms with Gasteiger partial charge >= 0.3 is 0 Å². The van der Waals surface area contributed by atoms with Crippen LogP contribution < -0.4 is 9.47 Å². The Morgan fingerprint density at radius 2 is 2.10 bits per heavy atom. The van der Waals surface area contributed by atoms with Gasteiger partial charge in [-0.2, -0.15) is 0 Å². The molecule has 3 nitrogen and oxygen atoms in total. The second-order valence-corrected chi connectivity index (χ2v) is 6.07. The summed E-state index contributed by atoms with van der Waals surface area (Å²) in [7, 11) is 1.52.